The number of carbonyl (C=O) groups excluding carboxylic acids is 1. The molecule has 0 spiro atoms. The maximum Gasteiger partial charge on any atom is 0.246 e. The fourth-order valence-corrected chi connectivity index (χ4v) is 5.85. The normalized spacial score (nSPS) is 21.2. The molecule has 4 aliphatic heterocycles. The van der Waals surface area contributed by atoms with Crippen molar-refractivity contribution in [2.75, 3.05) is 62.7 Å². The third-order valence-corrected chi connectivity index (χ3v) is 8.01. The lowest BCUT2D eigenvalue weighted by Crippen LogP contribution is -2.61. The summed E-state index contributed by atoms with van der Waals surface area (Å²) in [7, 11) is 0. The van der Waals surface area contributed by atoms with Crippen molar-refractivity contribution in [3.05, 3.63) is 53.7 Å². The Morgan fingerprint density at radius 2 is 1.92 bits per heavy atom. The Labute approximate surface area is 212 Å². The van der Waals surface area contributed by atoms with Crippen LogP contribution in [-0.4, -0.2) is 79.2 Å². The molecule has 0 atom stereocenters. The molecule has 0 aliphatic carbocycles. The molecule has 0 unspecified atom stereocenters. The van der Waals surface area contributed by atoms with Crippen LogP contribution >= 0.6 is 0 Å². The van der Waals surface area contributed by atoms with Gasteiger partial charge in [-0.15, -0.1) is 0 Å². The molecule has 3 fully saturated rings. The Hall–Kier alpha value is -3.10. The summed E-state index contributed by atoms with van der Waals surface area (Å²) in [6.07, 6.45) is 7.63. The number of nitrogens with zero attached hydrogens (tertiary/aromatic N) is 4. The third-order valence-electron chi connectivity index (χ3n) is 8.01. The van der Waals surface area contributed by atoms with Crippen LogP contribution in [0.25, 0.3) is 0 Å². The quantitative estimate of drug-likeness (QED) is 0.659. The molecule has 1 N–H and O–H groups in total. The summed E-state index contributed by atoms with van der Waals surface area (Å²) in [6.45, 7) is 9.53. The maximum absolute atomic E-state index is 12.0. The zero-order valence-electron chi connectivity index (χ0n) is 21.0. The largest absolute Gasteiger partial charge is 0.487 e. The Bertz CT molecular complexity index is 1130. The van der Waals surface area contributed by atoms with Gasteiger partial charge in [-0.25, -0.2) is 4.98 Å². The summed E-state index contributed by atoms with van der Waals surface area (Å²) in [5.41, 5.74) is 4.64. The number of allylic oxidation sites excluding steroid dienone is 1. The SMILES string of the molecule is C/C=C/C(=O)N1CC(N2CCC(c3ccc4c(c3)Nc3nccc(N5CCOCC5)c3CO4)CC2)C1. The van der Waals surface area contributed by atoms with Gasteiger partial charge in [-0.1, -0.05) is 12.1 Å². The van der Waals surface area contributed by atoms with Crippen LogP contribution in [0.3, 0.4) is 0 Å². The van der Waals surface area contributed by atoms with Crippen molar-refractivity contribution in [3.63, 3.8) is 0 Å². The van der Waals surface area contributed by atoms with Gasteiger partial charge < -0.3 is 24.6 Å². The van der Waals surface area contributed by atoms with Crippen LogP contribution < -0.4 is 15.0 Å². The zero-order valence-corrected chi connectivity index (χ0v) is 21.0. The molecule has 0 radical (unpaired) electrons. The standard InChI is InChI=1S/C28H35N5O3/c1-2-3-27(34)33-17-22(18-33)31-10-7-20(8-11-31)21-4-5-26-24(16-21)30-28-23(19-36-26)25(6-9-29-28)32-12-14-35-15-13-32/h2-6,9,16,20,22H,7-8,10-15,17-19H2,1H3,(H,29,30)/b3-2+. The van der Waals surface area contributed by atoms with Crippen molar-refractivity contribution in [3.8, 4) is 5.75 Å². The number of likely N-dealkylation sites (tertiary alicyclic amines) is 2. The maximum atomic E-state index is 12.0. The molecule has 5 heterocycles. The van der Waals surface area contributed by atoms with Gasteiger partial charge >= 0.3 is 0 Å². The number of piperidine rings is 1. The number of amides is 1. The average molecular weight is 490 g/mol. The summed E-state index contributed by atoms with van der Waals surface area (Å²) < 4.78 is 11.8. The zero-order chi connectivity index (χ0) is 24.5. The Morgan fingerprint density at radius 3 is 2.69 bits per heavy atom. The predicted molar refractivity (Wildman–Crippen MR) is 140 cm³/mol. The van der Waals surface area contributed by atoms with E-state index in [1.165, 1.54) is 11.3 Å². The molecule has 8 nitrogen and oxygen atoms in total. The highest BCUT2D eigenvalue weighted by Gasteiger charge is 2.36. The highest BCUT2D eigenvalue weighted by Crippen LogP contribution is 2.40. The number of pyridine rings is 1. The van der Waals surface area contributed by atoms with Crippen LogP contribution in [0.1, 0.15) is 36.8 Å². The smallest absolute Gasteiger partial charge is 0.246 e. The van der Waals surface area contributed by atoms with Gasteiger partial charge in [0.25, 0.3) is 0 Å². The van der Waals surface area contributed by atoms with Gasteiger partial charge in [-0.05, 0) is 68.6 Å². The van der Waals surface area contributed by atoms with Crippen molar-refractivity contribution < 1.29 is 14.3 Å². The fourth-order valence-electron chi connectivity index (χ4n) is 5.85. The van der Waals surface area contributed by atoms with Crippen LogP contribution in [0, 0.1) is 0 Å². The number of nitrogens with one attached hydrogen (secondary N) is 1. The Balaban J connectivity index is 1.11. The summed E-state index contributed by atoms with van der Waals surface area (Å²) in [6, 6.07) is 9.19. The summed E-state index contributed by atoms with van der Waals surface area (Å²) in [4.78, 5) is 23.5. The van der Waals surface area contributed by atoms with Gasteiger partial charge in [0.2, 0.25) is 5.91 Å². The molecular formula is C28H35N5O3. The molecular weight excluding hydrogens is 454 g/mol. The number of rotatable bonds is 4. The third kappa shape index (κ3) is 4.55. The van der Waals surface area contributed by atoms with Crippen molar-refractivity contribution in [1.29, 1.82) is 0 Å². The summed E-state index contributed by atoms with van der Waals surface area (Å²) in [5.74, 6) is 2.43. The predicted octanol–water partition coefficient (Wildman–Crippen LogP) is 3.52. The van der Waals surface area contributed by atoms with Crippen LogP contribution in [0.15, 0.2) is 42.6 Å². The van der Waals surface area contributed by atoms with Crippen molar-refractivity contribution in [2.45, 2.75) is 38.3 Å². The molecule has 2 aromatic rings. The van der Waals surface area contributed by atoms with Gasteiger partial charge in [0.1, 0.15) is 18.2 Å². The minimum Gasteiger partial charge on any atom is -0.487 e. The van der Waals surface area contributed by atoms with Crippen molar-refractivity contribution in [1.82, 2.24) is 14.8 Å². The monoisotopic (exact) mass is 489 g/mol. The van der Waals surface area contributed by atoms with Gasteiger partial charge in [-0.3, -0.25) is 9.69 Å². The van der Waals surface area contributed by atoms with E-state index < -0.39 is 0 Å². The average Bonchev–Trinajstić information content (AvgIpc) is 3.08. The minimum atomic E-state index is 0.136. The first kappa shape index (κ1) is 23.3. The van der Waals surface area contributed by atoms with Gasteiger partial charge in [0.15, 0.2) is 0 Å². The molecule has 0 saturated carbocycles. The number of carbonyl (C=O) groups is 1. The van der Waals surface area contributed by atoms with E-state index in [0.29, 0.717) is 18.6 Å². The van der Waals surface area contributed by atoms with Crippen LogP contribution in [0.4, 0.5) is 17.2 Å². The number of morpholine rings is 1. The highest BCUT2D eigenvalue weighted by atomic mass is 16.5. The number of anilines is 3. The van der Waals surface area contributed by atoms with E-state index in [9.17, 15) is 4.79 Å². The molecule has 3 saturated heterocycles. The Kier molecular flexibility index (Phi) is 6.54. The van der Waals surface area contributed by atoms with E-state index in [-0.39, 0.29) is 5.91 Å². The van der Waals surface area contributed by atoms with Gasteiger partial charge in [0, 0.05) is 44.1 Å². The van der Waals surface area contributed by atoms with Crippen molar-refractivity contribution in [2.24, 2.45) is 0 Å². The minimum absolute atomic E-state index is 0.136. The first-order chi connectivity index (χ1) is 17.7. The highest BCUT2D eigenvalue weighted by molar-refractivity contribution is 5.88. The van der Waals surface area contributed by atoms with Crippen LogP contribution in [-0.2, 0) is 16.1 Å². The van der Waals surface area contributed by atoms with E-state index in [1.54, 1.807) is 6.08 Å². The molecule has 4 aliphatic rings. The number of hydrogen-bond donors (Lipinski definition) is 1. The lowest BCUT2D eigenvalue weighted by molar-refractivity contribution is -0.133. The summed E-state index contributed by atoms with van der Waals surface area (Å²) >= 11 is 0. The lowest BCUT2D eigenvalue weighted by atomic mass is 9.88. The number of hydrogen-bond acceptors (Lipinski definition) is 7. The van der Waals surface area contributed by atoms with Gasteiger partial charge in [-0.2, -0.15) is 0 Å². The lowest BCUT2D eigenvalue weighted by Gasteiger charge is -2.47. The first-order valence-corrected chi connectivity index (χ1v) is 13.2. The molecule has 1 amide bonds. The number of benzene rings is 1. The van der Waals surface area contributed by atoms with E-state index in [1.807, 2.05) is 24.1 Å². The Morgan fingerprint density at radius 1 is 1.11 bits per heavy atom. The number of fused-ring (bicyclic) bond motifs is 2. The molecule has 6 rings (SSSR count). The van der Waals surface area contributed by atoms with Crippen LogP contribution in [0.5, 0.6) is 5.75 Å². The molecule has 8 heteroatoms. The van der Waals surface area contributed by atoms with E-state index in [2.05, 4.69) is 44.4 Å². The number of aromatic nitrogens is 1. The van der Waals surface area contributed by atoms with Crippen LogP contribution in [0.2, 0.25) is 0 Å². The van der Waals surface area contributed by atoms with Gasteiger partial charge in [0.05, 0.1) is 24.5 Å². The topological polar surface area (TPSA) is 70.2 Å². The second kappa shape index (κ2) is 10.1. The fraction of sp³-hybridized carbons (Fsp3) is 0.500. The van der Waals surface area contributed by atoms with Crippen molar-refractivity contribution >= 4 is 23.1 Å². The molecule has 0 bridgehead atoms. The van der Waals surface area contributed by atoms with E-state index in [0.717, 1.165) is 88.1 Å². The summed E-state index contributed by atoms with van der Waals surface area (Å²) in [5, 5.41) is 3.59. The molecule has 1 aromatic heterocycles. The second-order valence-corrected chi connectivity index (χ2v) is 10.1. The van der Waals surface area contributed by atoms with E-state index in [4.69, 9.17) is 9.47 Å². The second-order valence-electron chi connectivity index (χ2n) is 10.1. The number of ether oxygens (including phenoxy) is 2. The first-order valence-electron chi connectivity index (χ1n) is 13.2. The molecule has 190 valence electrons. The van der Waals surface area contributed by atoms with E-state index >= 15 is 0 Å². The molecule has 1 aromatic carbocycles. The molecule has 36 heavy (non-hydrogen) atoms.